The van der Waals surface area contributed by atoms with Gasteiger partial charge in [0.1, 0.15) is 0 Å². The number of hydrogen-bond donors (Lipinski definition) is 1. The van der Waals surface area contributed by atoms with Crippen LogP contribution in [0.25, 0.3) is 6.08 Å². The average molecular weight is 328 g/mol. The van der Waals surface area contributed by atoms with E-state index in [1.54, 1.807) is 0 Å². The molecule has 1 aliphatic carbocycles. The van der Waals surface area contributed by atoms with Crippen molar-refractivity contribution in [3.63, 3.8) is 0 Å². The van der Waals surface area contributed by atoms with Gasteiger partial charge in [0.2, 0.25) is 5.91 Å². The summed E-state index contributed by atoms with van der Waals surface area (Å²) in [6, 6.07) is 10.3. The van der Waals surface area contributed by atoms with Crippen LogP contribution in [0.3, 0.4) is 0 Å². The van der Waals surface area contributed by atoms with Gasteiger partial charge >= 0.3 is 0 Å². The lowest BCUT2D eigenvalue weighted by molar-refractivity contribution is -0.137. The Balaban J connectivity index is 1.40. The van der Waals surface area contributed by atoms with Gasteiger partial charge in [0.15, 0.2) is 0 Å². The molecule has 1 heterocycles. The maximum atomic E-state index is 12.4. The lowest BCUT2D eigenvalue weighted by Crippen LogP contribution is -2.50. The number of hydrogen-bond acceptors (Lipinski definition) is 3. The monoisotopic (exact) mass is 328 g/mol. The zero-order valence-electron chi connectivity index (χ0n) is 14.4. The van der Waals surface area contributed by atoms with Crippen molar-refractivity contribution in [3.05, 3.63) is 42.0 Å². The van der Waals surface area contributed by atoms with Gasteiger partial charge in [-0.2, -0.15) is 0 Å². The second kappa shape index (κ2) is 7.95. The zero-order chi connectivity index (χ0) is 16.8. The van der Waals surface area contributed by atoms with Gasteiger partial charge < -0.3 is 10.0 Å². The molecular formula is C20H28N2O2. The van der Waals surface area contributed by atoms with Crippen LogP contribution in [0.15, 0.2) is 36.4 Å². The Morgan fingerprint density at radius 2 is 1.75 bits per heavy atom. The zero-order valence-corrected chi connectivity index (χ0v) is 14.4. The Morgan fingerprint density at radius 1 is 1.08 bits per heavy atom. The summed E-state index contributed by atoms with van der Waals surface area (Å²) < 4.78 is 0. The molecule has 1 N–H and O–H groups in total. The number of nitrogens with zero attached hydrogens (tertiary/aromatic N) is 2. The van der Waals surface area contributed by atoms with Crippen LogP contribution >= 0.6 is 0 Å². The fourth-order valence-corrected chi connectivity index (χ4v) is 3.69. The maximum Gasteiger partial charge on any atom is 0.225 e. The summed E-state index contributed by atoms with van der Waals surface area (Å²) in [5.74, 6) is 0.124. The first-order valence-corrected chi connectivity index (χ1v) is 9.09. The second-order valence-corrected chi connectivity index (χ2v) is 7.10. The standard InChI is InChI=1S/C20H28N2O2/c23-19(17-20(24)10-4-5-11-20)22-15-13-21(14-16-22)12-6-9-18-7-2-1-3-8-18/h1-3,6-9,24H,4-5,10-17H2. The Hall–Kier alpha value is -1.65. The van der Waals surface area contributed by atoms with Crippen molar-refractivity contribution in [2.45, 2.75) is 37.7 Å². The van der Waals surface area contributed by atoms with E-state index in [4.69, 9.17) is 0 Å². The van der Waals surface area contributed by atoms with Crippen molar-refractivity contribution in [1.82, 2.24) is 9.80 Å². The fourth-order valence-electron chi connectivity index (χ4n) is 3.69. The number of rotatable bonds is 5. The number of carbonyl (C=O) groups is 1. The van der Waals surface area contributed by atoms with E-state index in [0.717, 1.165) is 58.4 Å². The lowest BCUT2D eigenvalue weighted by atomic mass is 9.97. The van der Waals surface area contributed by atoms with Crippen LogP contribution in [-0.4, -0.2) is 59.1 Å². The number of amides is 1. The van der Waals surface area contributed by atoms with E-state index in [2.05, 4.69) is 29.2 Å². The minimum atomic E-state index is -0.730. The van der Waals surface area contributed by atoms with Crippen molar-refractivity contribution in [2.75, 3.05) is 32.7 Å². The van der Waals surface area contributed by atoms with Gasteiger partial charge in [-0.1, -0.05) is 55.3 Å². The second-order valence-electron chi connectivity index (χ2n) is 7.10. The smallest absolute Gasteiger partial charge is 0.225 e. The topological polar surface area (TPSA) is 43.8 Å². The predicted molar refractivity (Wildman–Crippen MR) is 96.5 cm³/mol. The molecule has 1 amide bonds. The Kier molecular flexibility index (Phi) is 5.69. The number of piperazine rings is 1. The van der Waals surface area contributed by atoms with Crippen LogP contribution < -0.4 is 0 Å². The molecule has 1 aromatic carbocycles. The molecule has 3 rings (SSSR count). The minimum Gasteiger partial charge on any atom is -0.389 e. The van der Waals surface area contributed by atoms with E-state index in [0.29, 0.717) is 6.42 Å². The third-order valence-corrected chi connectivity index (χ3v) is 5.21. The quantitative estimate of drug-likeness (QED) is 0.903. The molecule has 1 saturated heterocycles. The maximum absolute atomic E-state index is 12.4. The molecule has 4 nitrogen and oxygen atoms in total. The molecule has 4 heteroatoms. The summed E-state index contributed by atoms with van der Waals surface area (Å²) >= 11 is 0. The molecule has 1 aromatic rings. The number of carbonyl (C=O) groups excluding carboxylic acids is 1. The molecule has 0 radical (unpaired) electrons. The van der Waals surface area contributed by atoms with Gasteiger partial charge in [0.05, 0.1) is 12.0 Å². The van der Waals surface area contributed by atoms with Crippen LogP contribution in [0.5, 0.6) is 0 Å². The molecule has 130 valence electrons. The van der Waals surface area contributed by atoms with Crippen molar-refractivity contribution >= 4 is 12.0 Å². The van der Waals surface area contributed by atoms with Crippen LogP contribution in [0.4, 0.5) is 0 Å². The van der Waals surface area contributed by atoms with Crippen LogP contribution in [0, 0.1) is 0 Å². The average Bonchev–Trinajstić information content (AvgIpc) is 3.02. The Bertz CT molecular complexity index is 556. The molecule has 2 fully saturated rings. The molecule has 0 atom stereocenters. The Labute approximate surface area is 144 Å². The molecule has 1 aliphatic heterocycles. The number of benzene rings is 1. The molecule has 0 spiro atoms. The molecule has 0 aromatic heterocycles. The summed E-state index contributed by atoms with van der Waals surface area (Å²) in [5, 5.41) is 10.4. The minimum absolute atomic E-state index is 0.124. The van der Waals surface area contributed by atoms with Crippen molar-refractivity contribution in [1.29, 1.82) is 0 Å². The van der Waals surface area contributed by atoms with Gasteiger partial charge in [-0.3, -0.25) is 9.69 Å². The SMILES string of the molecule is O=C(CC1(O)CCCC1)N1CCN(CC=Cc2ccccc2)CC1. The third kappa shape index (κ3) is 4.68. The molecule has 2 aliphatic rings. The van der Waals surface area contributed by atoms with Gasteiger partial charge in [-0.05, 0) is 18.4 Å². The van der Waals surface area contributed by atoms with E-state index < -0.39 is 5.60 Å². The summed E-state index contributed by atoms with van der Waals surface area (Å²) in [6.45, 7) is 4.27. The lowest BCUT2D eigenvalue weighted by Gasteiger charge is -2.35. The first kappa shape index (κ1) is 17.2. The van der Waals surface area contributed by atoms with Crippen LogP contribution in [0.1, 0.15) is 37.7 Å². The van der Waals surface area contributed by atoms with Gasteiger partial charge in [-0.25, -0.2) is 0 Å². The Morgan fingerprint density at radius 3 is 2.42 bits per heavy atom. The highest BCUT2D eigenvalue weighted by Gasteiger charge is 2.35. The normalized spacial score (nSPS) is 21.5. The fraction of sp³-hybridized carbons (Fsp3) is 0.550. The van der Waals surface area contributed by atoms with Crippen molar-refractivity contribution in [3.8, 4) is 0 Å². The summed E-state index contributed by atoms with van der Waals surface area (Å²) in [5.41, 5.74) is 0.489. The van der Waals surface area contributed by atoms with Gasteiger partial charge in [0.25, 0.3) is 0 Å². The largest absolute Gasteiger partial charge is 0.389 e. The van der Waals surface area contributed by atoms with Crippen LogP contribution in [-0.2, 0) is 4.79 Å². The van der Waals surface area contributed by atoms with Crippen molar-refractivity contribution in [2.24, 2.45) is 0 Å². The third-order valence-electron chi connectivity index (χ3n) is 5.21. The van der Waals surface area contributed by atoms with E-state index in [1.165, 1.54) is 5.56 Å². The first-order chi connectivity index (χ1) is 11.6. The van der Waals surface area contributed by atoms with E-state index in [-0.39, 0.29) is 5.91 Å². The summed E-state index contributed by atoms with van der Waals surface area (Å²) in [4.78, 5) is 16.7. The number of aliphatic hydroxyl groups is 1. The highest BCUT2D eigenvalue weighted by Crippen LogP contribution is 2.32. The van der Waals surface area contributed by atoms with Gasteiger partial charge in [0, 0.05) is 32.7 Å². The van der Waals surface area contributed by atoms with E-state index >= 15 is 0 Å². The predicted octanol–water partition coefficient (Wildman–Crippen LogP) is 2.54. The molecule has 1 saturated carbocycles. The summed E-state index contributed by atoms with van der Waals surface area (Å²) in [6.07, 6.45) is 8.30. The van der Waals surface area contributed by atoms with Crippen LogP contribution in [0.2, 0.25) is 0 Å². The van der Waals surface area contributed by atoms with Gasteiger partial charge in [-0.15, -0.1) is 0 Å². The highest BCUT2D eigenvalue weighted by molar-refractivity contribution is 5.77. The highest BCUT2D eigenvalue weighted by atomic mass is 16.3. The molecule has 0 bridgehead atoms. The molecule has 0 unspecified atom stereocenters. The summed E-state index contributed by atoms with van der Waals surface area (Å²) in [7, 11) is 0. The molecular weight excluding hydrogens is 300 g/mol. The van der Waals surface area contributed by atoms with Crippen molar-refractivity contribution < 1.29 is 9.90 Å². The van der Waals surface area contributed by atoms with E-state index in [9.17, 15) is 9.90 Å². The van der Waals surface area contributed by atoms with E-state index in [1.807, 2.05) is 23.1 Å². The first-order valence-electron chi connectivity index (χ1n) is 9.09. The molecule has 24 heavy (non-hydrogen) atoms.